The smallest absolute Gasteiger partial charge is 0.157 e. The fourth-order valence-corrected chi connectivity index (χ4v) is 1.57. The molecule has 0 saturated heterocycles. The maximum absolute atomic E-state index is 11.0. The van der Waals surface area contributed by atoms with Crippen LogP contribution in [0.3, 0.4) is 0 Å². The zero-order chi connectivity index (χ0) is 11.3. The fraction of sp³-hybridized carbons (Fsp3) is 0.750. The number of allylic oxidation sites excluding steroid dienone is 2. The van der Waals surface area contributed by atoms with E-state index in [-0.39, 0.29) is 5.78 Å². The Labute approximate surface area is 92.5 Å². The van der Waals surface area contributed by atoms with Crippen LogP contribution in [0, 0.1) is 0 Å². The van der Waals surface area contributed by atoms with Crippen molar-refractivity contribution in [2.45, 2.75) is 39.2 Å². The number of nitrogens with one attached hydrogen (secondary N) is 1. The van der Waals surface area contributed by atoms with Crippen molar-refractivity contribution >= 4 is 5.78 Å². The average Bonchev–Trinajstić information content (AvgIpc) is 2.58. The monoisotopic (exact) mass is 210 g/mol. The highest BCUT2D eigenvalue weighted by molar-refractivity contribution is 5.92. The Hall–Kier alpha value is -0.830. The summed E-state index contributed by atoms with van der Waals surface area (Å²) in [6, 6.07) is 0.609. The molecule has 0 saturated carbocycles. The topological polar surface area (TPSA) is 32.3 Å². The van der Waals surface area contributed by atoms with E-state index in [2.05, 4.69) is 31.1 Å². The molecule has 0 aromatic heterocycles. The SMILES string of the molecule is CC(C)N(C)CCCNC1=CC(=O)CC1. The van der Waals surface area contributed by atoms with Gasteiger partial charge < -0.3 is 10.2 Å². The molecule has 0 unspecified atom stereocenters. The average molecular weight is 210 g/mol. The number of carbonyl (C=O) groups excluding carboxylic acids is 1. The van der Waals surface area contributed by atoms with Gasteiger partial charge in [-0.15, -0.1) is 0 Å². The lowest BCUT2D eigenvalue weighted by molar-refractivity contribution is -0.114. The lowest BCUT2D eigenvalue weighted by atomic mass is 10.3. The van der Waals surface area contributed by atoms with Crippen molar-refractivity contribution in [3.63, 3.8) is 0 Å². The van der Waals surface area contributed by atoms with E-state index in [0.29, 0.717) is 12.5 Å². The third-order valence-corrected chi connectivity index (χ3v) is 2.90. The van der Waals surface area contributed by atoms with Crippen LogP contribution < -0.4 is 5.32 Å². The Morgan fingerprint density at radius 3 is 2.73 bits per heavy atom. The first kappa shape index (κ1) is 12.2. The summed E-state index contributed by atoms with van der Waals surface area (Å²) in [6.07, 6.45) is 4.46. The van der Waals surface area contributed by atoms with Gasteiger partial charge in [0.25, 0.3) is 0 Å². The minimum atomic E-state index is 0.261. The summed E-state index contributed by atoms with van der Waals surface area (Å²) < 4.78 is 0. The molecule has 3 nitrogen and oxygen atoms in total. The Bertz CT molecular complexity index is 246. The molecule has 3 heteroatoms. The summed E-state index contributed by atoms with van der Waals surface area (Å²) in [5, 5.41) is 3.32. The molecule has 0 aromatic carbocycles. The van der Waals surface area contributed by atoms with Gasteiger partial charge in [-0.05, 0) is 40.3 Å². The zero-order valence-electron chi connectivity index (χ0n) is 10.0. The molecule has 0 aromatic rings. The summed E-state index contributed by atoms with van der Waals surface area (Å²) >= 11 is 0. The van der Waals surface area contributed by atoms with Crippen LogP contribution in [0.15, 0.2) is 11.8 Å². The van der Waals surface area contributed by atoms with Crippen LogP contribution in [0.4, 0.5) is 0 Å². The molecular weight excluding hydrogens is 188 g/mol. The highest BCUT2D eigenvalue weighted by Crippen LogP contribution is 2.11. The van der Waals surface area contributed by atoms with Crippen LogP contribution in [-0.4, -0.2) is 36.9 Å². The Morgan fingerprint density at radius 2 is 2.20 bits per heavy atom. The first-order chi connectivity index (χ1) is 7.09. The van der Waals surface area contributed by atoms with E-state index in [1.165, 1.54) is 0 Å². The predicted octanol–water partition coefficient (Wildman–Crippen LogP) is 1.55. The van der Waals surface area contributed by atoms with Crippen LogP contribution in [0.25, 0.3) is 0 Å². The van der Waals surface area contributed by atoms with Crippen LogP contribution in [0.2, 0.25) is 0 Å². The summed E-state index contributed by atoms with van der Waals surface area (Å²) in [5.41, 5.74) is 1.12. The summed E-state index contributed by atoms with van der Waals surface area (Å²) in [5.74, 6) is 0.261. The Morgan fingerprint density at radius 1 is 1.47 bits per heavy atom. The second kappa shape index (κ2) is 5.91. The van der Waals surface area contributed by atoms with Crippen molar-refractivity contribution in [3.8, 4) is 0 Å². The third-order valence-electron chi connectivity index (χ3n) is 2.90. The van der Waals surface area contributed by atoms with Crippen LogP contribution in [0.1, 0.15) is 33.1 Å². The maximum atomic E-state index is 11.0. The van der Waals surface area contributed by atoms with Gasteiger partial charge in [-0.25, -0.2) is 0 Å². The van der Waals surface area contributed by atoms with Gasteiger partial charge >= 0.3 is 0 Å². The normalized spacial score (nSPS) is 16.3. The number of nitrogens with zero attached hydrogens (tertiary/aromatic N) is 1. The lowest BCUT2D eigenvalue weighted by Crippen LogP contribution is -2.29. The van der Waals surface area contributed by atoms with Crippen LogP contribution in [0.5, 0.6) is 0 Å². The van der Waals surface area contributed by atoms with Gasteiger partial charge in [0.15, 0.2) is 5.78 Å². The Kier molecular flexibility index (Phi) is 4.82. The summed E-state index contributed by atoms with van der Waals surface area (Å²) in [4.78, 5) is 13.3. The quantitative estimate of drug-likeness (QED) is 0.675. The number of carbonyl (C=O) groups is 1. The van der Waals surface area contributed by atoms with Crippen molar-refractivity contribution in [1.29, 1.82) is 0 Å². The molecular formula is C12H22N2O. The van der Waals surface area contributed by atoms with Crippen molar-refractivity contribution in [3.05, 3.63) is 11.8 Å². The molecule has 1 aliphatic rings. The highest BCUT2D eigenvalue weighted by Gasteiger charge is 2.10. The molecule has 0 atom stereocenters. The maximum Gasteiger partial charge on any atom is 0.157 e. The predicted molar refractivity (Wildman–Crippen MR) is 62.7 cm³/mol. The second-order valence-electron chi connectivity index (χ2n) is 4.49. The number of ketones is 1. The first-order valence-electron chi connectivity index (χ1n) is 5.77. The Balaban J connectivity index is 2.07. The van der Waals surface area contributed by atoms with E-state index < -0.39 is 0 Å². The molecule has 1 rings (SSSR count). The van der Waals surface area contributed by atoms with Gasteiger partial charge in [-0.1, -0.05) is 0 Å². The van der Waals surface area contributed by atoms with Crippen molar-refractivity contribution in [2.75, 3.05) is 20.1 Å². The number of hydrogen-bond acceptors (Lipinski definition) is 3. The van der Waals surface area contributed by atoms with Gasteiger partial charge in [0, 0.05) is 30.8 Å². The van der Waals surface area contributed by atoms with Gasteiger partial charge in [-0.2, -0.15) is 0 Å². The second-order valence-corrected chi connectivity index (χ2v) is 4.49. The minimum Gasteiger partial charge on any atom is -0.388 e. The lowest BCUT2D eigenvalue weighted by Gasteiger charge is -2.20. The van der Waals surface area contributed by atoms with E-state index in [1.54, 1.807) is 6.08 Å². The molecule has 0 aliphatic heterocycles. The fourth-order valence-electron chi connectivity index (χ4n) is 1.57. The largest absolute Gasteiger partial charge is 0.388 e. The molecule has 86 valence electrons. The van der Waals surface area contributed by atoms with E-state index in [0.717, 1.165) is 31.6 Å². The van der Waals surface area contributed by atoms with Crippen molar-refractivity contribution < 1.29 is 4.79 Å². The molecule has 0 bridgehead atoms. The third kappa shape index (κ3) is 4.47. The van der Waals surface area contributed by atoms with Gasteiger partial charge in [0.1, 0.15) is 0 Å². The van der Waals surface area contributed by atoms with Gasteiger partial charge in [0.2, 0.25) is 0 Å². The van der Waals surface area contributed by atoms with Crippen molar-refractivity contribution in [1.82, 2.24) is 10.2 Å². The zero-order valence-corrected chi connectivity index (χ0v) is 10.0. The van der Waals surface area contributed by atoms with E-state index in [9.17, 15) is 4.79 Å². The van der Waals surface area contributed by atoms with E-state index >= 15 is 0 Å². The number of hydrogen-bond donors (Lipinski definition) is 1. The molecule has 0 heterocycles. The molecule has 1 N–H and O–H groups in total. The van der Waals surface area contributed by atoms with Crippen LogP contribution in [-0.2, 0) is 4.79 Å². The summed E-state index contributed by atoms with van der Waals surface area (Å²) in [7, 11) is 2.14. The molecule has 0 fully saturated rings. The van der Waals surface area contributed by atoms with E-state index in [4.69, 9.17) is 0 Å². The molecule has 15 heavy (non-hydrogen) atoms. The standard InChI is InChI=1S/C12H22N2O/c1-10(2)14(3)8-4-7-13-11-5-6-12(15)9-11/h9-10,13H,4-8H2,1-3H3. The molecule has 0 amide bonds. The van der Waals surface area contributed by atoms with E-state index in [1.807, 2.05) is 0 Å². The molecule has 0 radical (unpaired) electrons. The number of rotatable bonds is 6. The minimum absolute atomic E-state index is 0.261. The van der Waals surface area contributed by atoms with Crippen molar-refractivity contribution in [2.24, 2.45) is 0 Å². The van der Waals surface area contributed by atoms with Gasteiger partial charge in [-0.3, -0.25) is 4.79 Å². The molecule has 1 aliphatic carbocycles. The highest BCUT2D eigenvalue weighted by atomic mass is 16.1. The molecule has 0 spiro atoms. The van der Waals surface area contributed by atoms with Gasteiger partial charge in [0.05, 0.1) is 0 Å². The van der Waals surface area contributed by atoms with Crippen LogP contribution >= 0.6 is 0 Å². The summed E-state index contributed by atoms with van der Waals surface area (Å²) in [6.45, 7) is 6.47. The first-order valence-corrected chi connectivity index (χ1v) is 5.77.